The van der Waals surface area contributed by atoms with E-state index < -0.39 is 0 Å². The van der Waals surface area contributed by atoms with Gasteiger partial charge in [-0.15, -0.1) is 0 Å². The topological polar surface area (TPSA) is 43.4 Å². The van der Waals surface area contributed by atoms with Crippen LogP contribution in [0.2, 0.25) is 0 Å². The molecule has 3 aromatic rings. The van der Waals surface area contributed by atoms with Crippen molar-refractivity contribution in [3.8, 4) is 11.5 Å². The fourth-order valence-electron chi connectivity index (χ4n) is 5.80. The molecule has 3 aromatic carbocycles. The SMILES string of the molecule is CCC(c1ccccc1)C(c1ccc(OCCN2CCOCC2)cc1)c1ccc(OCCN2CCOCC2)cc1. The summed E-state index contributed by atoms with van der Waals surface area (Å²) in [5.41, 5.74) is 3.97. The van der Waals surface area contributed by atoms with E-state index in [9.17, 15) is 0 Å². The van der Waals surface area contributed by atoms with Gasteiger partial charge in [0.15, 0.2) is 0 Å². The molecule has 2 fully saturated rings. The Morgan fingerprint density at radius 1 is 0.600 bits per heavy atom. The summed E-state index contributed by atoms with van der Waals surface area (Å²) in [5, 5.41) is 0. The smallest absolute Gasteiger partial charge is 0.119 e. The van der Waals surface area contributed by atoms with E-state index in [-0.39, 0.29) is 5.92 Å². The number of benzene rings is 3. The number of hydrogen-bond acceptors (Lipinski definition) is 6. The summed E-state index contributed by atoms with van der Waals surface area (Å²) < 4.78 is 23.1. The molecule has 2 heterocycles. The van der Waals surface area contributed by atoms with Crippen LogP contribution in [0.4, 0.5) is 0 Å². The lowest BCUT2D eigenvalue weighted by Gasteiger charge is -2.29. The van der Waals surface area contributed by atoms with Gasteiger partial charge in [0.25, 0.3) is 0 Å². The summed E-state index contributed by atoms with van der Waals surface area (Å²) in [6.07, 6.45) is 1.05. The van der Waals surface area contributed by atoms with Gasteiger partial charge < -0.3 is 18.9 Å². The Labute approximate surface area is 239 Å². The highest BCUT2D eigenvalue weighted by atomic mass is 16.5. The molecule has 40 heavy (non-hydrogen) atoms. The second-order valence-electron chi connectivity index (χ2n) is 10.6. The van der Waals surface area contributed by atoms with E-state index in [1.54, 1.807) is 0 Å². The van der Waals surface area contributed by atoms with Crippen LogP contribution in [0.3, 0.4) is 0 Å². The molecule has 0 spiro atoms. The maximum atomic E-state index is 6.11. The van der Waals surface area contributed by atoms with Gasteiger partial charge in [0, 0.05) is 45.2 Å². The van der Waals surface area contributed by atoms with E-state index >= 15 is 0 Å². The number of ether oxygens (including phenoxy) is 4. The third-order valence-electron chi connectivity index (χ3n) is 8.11. The van der Waals surface area contributed by atoms with Crippen molar-refractivity contribution in [2.45, 2.75) is 25.2 Å². The minimum atomic E-state index is 0.234. The molecule has 2 aliphatic rings. The minimum absolute atomic E-state index is 0.234. The van der Waals surface area contributed by atoms with Crippen LogP contribution < -0.4 is 9.47 Å². The van der Waals surface area contributed by atoms with Crippen LogP contribution in [-0.4, -0.2) is 88.7 Å². The predicted octanol–water partition coefficient (Wildman–Crippen LogP) is 5.43. The van der Waals surface area contributed by atoms with Gasteiger partial charge in [0.05, 0.1) is 26.4 Å². The number of morpholine rings is 2. The lowest BCUT2D eigenvalue weighted by molar-refractivity contribution is 0.0321. The molecular formula is C34H44N2O4. The lowest BCUT2D eigenvalue weighted by atomic mass is 9.76. The van der Waals surface area contributed by atoms with Gasteiger partial charge in [-0.3, -0.25) is 9.80 Å². The Hall–Kier alpha value is -2.90. The first-order valence-corrected chi connectivity index (χ1v) is 14.9. The van der Waals surface area contributed by atoms with Gasteiger partial charge in [0.2, 0.25) is 0 Å². The van der Waals surface area contributed by atoms with E-state index in [1.165, 1.54) is 16.7 Å². The van der Waals surface area contributed by atoms with Crippen molar-refractivity contribution in [2.24, 2.45) is 0 Å². The first-order valence-electron chi connectivity index (χ1n) is 14.9. The summed E-state index contributed by atoms with van der Waals surface area (Å²) in [6, 6.07) is 28.4. The molecule has 0 amide bonds. The number of rotatable bonds is 13. The molecule has 0 saturated carbocycles. The van der Waals surface area contributed by atoms with Crippen LogP contribution in [0.5, 0.6) is 11.5 Å². The van der Waals surface area contributed by atoms with Crippen LogP contribution in [-0.2, 0) is 9.47 Å². The molecular weight excluding hydrogens is 500 g/mol. The summed E-state index contributed by atoms with van der Waals surface area (Å²) in [7, 11) is 0. The molecule has 0 aromatic heterocycles. The average molecular weight is 545 g/mol. The summed E-state index contributed by atoms with van der Waals surface area (Å²) >= 11 is 0. The van der Waals surface area contributed by atoms with Gasteiger partial charge in [-0.1, -0.05) is 61.5 Å². The Bertz CT molecular complexity index is 1040. The predicted molar refractivity (Wildman–Crippen MR) is 160 cm³/mol. The minimum Gasteiger partial charge on any atom is -0.492 e. The van der Waals surface area contributed by atoms with E-state index in [0.717, 1.165) is 83.6 Å². The van der Waals surface area contributed by atoms with Crippen molar-refractivity contribution >= 4 is 0 Å². The highest BCUT2D eigenvalue weighted by Crippen LogP contribution is 2.41. The van der Waals surface area contributed by atoms with Gasteiger partial charge in [-0.25, -0.2) is 0 Å². The fraction of sp³-hybridized carbons (Fsp3) is 0.471. The summed E-state index contributed by atoms with van der Waals surface area (Å²) in [4.78, 5) is 4.80. The monoisotopic (exact) mass is 544 g/mol. The van der Waals surface area contributed by atoms with Crippen molar-refractivity contribution < 1.29 is 18.9 Å². The largest absolute Gasteiger partial charge is 0.492 e. The quantitative estimate of drug-likeness (QED) is 0.286. The van der Waals surface area contributed by atoms with E-state index in [4.69, 9.17) is 18.9 Å². The molecule has 6 nitrogen and oxygen atoms in total. The molecule has 1 unspecified atom stereocenters. The molecule has 0 N–H and O–H groups in total. The summed E-state index contributed by atoms with van der Waals surface area (Å²) in [6.45, 7) is 12.7. The normalized spacial score (nSPS) is 17.6. The molecule has 0 radical (unpaired) electrons. The third kappa shape index (κ3) is 8.07. The second-order valence-corrected chi connectivity index (χ2v) is 10.6. The fourth-order valence-corrected chi connectivity index (χ4v) is 5.80. The number of hydrogen-bond donors (Lipinski definition) is 0. The van der Waals surface area contributed by atoms with Crippen molar-refractivity contribution in [3.63, 3.8) is 0 Å². The van der Waals surface area contributed by atoms with Crippen LogP contribution >= 0.6 is 0 Å². The van der Waals surface area contributed by atoms with Crippen LogP contribution in [0, 0.1) is 0 Å². The van der Waals surface area contributed by atoms with Gasteiger partial charge in [0.1, 0.15) is 24.7 Å². The lowest BCUT2D eigenvalue weighted by Crippen LogP contribution is -2.38. The Morgan fingerprint density at radius 2 is 1.05 bits per heavy atom. The zero-order chi connectivity index (χ0) is 27.4. The van der Waals surface area contributed by atoms with Crippen molar-refractivity contribution in [1.82, 2.24) is 9.80 Å². The summed E-state index contributed by atoms with van der Waals surface area (Å²) in [5.74, 6) is 2.44. The number of nitrogens with zero attached hydrogens (tertiary/aromatic N) is 2. The Balaban J connectivity index is 1.27. The molecule has 1 atom stereocenters. The van der Waals surface area contributed by atoms with Crippen LogP contribution in [0.15, 0.2) is 78.9 Å². The van der Waals surface area contributed by atoms with Crippen LogP contribution in [0.25, 0.3) is 0 Å². The highest BCUT2D eigenvalue weighted by molar-refractivity contribution is 5.42. The average Bonchev–Trinajstić information content (AvgIpc) is 3.02. The second kappa shape index (κ2) is 15.2. The maximum absolute atomic E-state index is 6.11. The third-order valence-corrected chi connectivity index (χ3v) is 8.11. The molecule has 0 bridgehead atoms. The molecule has 5 rings (SSSR count). The van der Waals surface area contributed by atoms with Crippen molar-refractivity contribution in [1.29, 1.82) is 0 Å². The van der Waals surface area contributed by atoms with Crippen LogP contribution in [0.1, 0.15) is 41.9 Å². The molecule has 214 valence electrons. The molecule has 2 aliphatic heterocycles. The van der Waals surface area contributed by atoms with Gasteiger partial charge in [-0.05, 0) is 53.3 Å². The van der Waals surface area contributed by atoms with Crippen molar-refractivity contribution in [3.05, 3.63) is 95.6 Å². The van der Waals surface area contributed by atoms with E-state index in [1.807, 2.05) is 0 Å². The zero-order valence-electron chi connectivity index (χ0n) is 23.9. The Morgan fingerprint density at radius 3 is 1.48 bits per heavy atom. The first-order chi connectivity index (χ1) is 19.8. The highest BCUT2D eigenvalue weighted by Gasteiger charge is 2.25. The van der Waals surface area contributed by atoms with Crippen molar-refractivity contribution in [2.75, 3.05) is 78.9 Å². The first kappa shape index (κ1) is 28.6. The van der Waals surface area contributed by atoms with Gasteiger partial charge >= 0.3 is 0 Å². The van der Waals surface area contributed by atoms with Gasteiger partial charge in [-0.2, -0.15) is 0 Å². The molecule has 2 saturated heterocycles. The standard InChI is InChI=1S/C34H44N2O4/c1-2-33(28-6-4-3-5-7-28)34(29-8-12-31(13-9-29)39-26-20-35-16-22-37-23-17-35)30-10-14-32(15-11-30)40-27-21-36-18-24-38-25-19-36/h3-15,33-34H,2,16-27H2,1H3. The molecule has 0 aliphatic carbocycles. The maximum Gasteiger partial charge on any atom is 0.119 e. The van der Waals surface area contributed by atoms with E-state index in [2.05, 4.69) is 95.6 Å². The van der Waals surface area contributed by atoms with E-state index in [0.29, 0.717) is 19.1 Å². The Kier molecular flexibility index (Phi) is 10.9. The zero-order valence-corrected chi connectivity index (χ0v) is 23.9. The molecule has 6 heteroatoms.